The smallest absolute Gasteiger partial charge is 0.321 e. The van der Waals surface area contributed by atoms with E-state index in [4.69, 9.17) is 4.74 Å². The molecule has 3 rings (SSSR count). The van der Waals surface area contributed by atoms with Crippen molar-refractivity contribution in [2.45, 2.75) is 51.5 Å². The van der Waals surface area contributed by atoms with E-state index in [1.54, 1.807) is 4.90 Å². The lowest BCUT2D eigenvalue weighted by Gasteiger charge is -2.31. The predicted molar refractivity (Wildman–Crippen MR) is 110 cm³/mol. The van der Waals surface area contributed by atoms with E-state index in [0.29, 0.717) is 31.8 Å². The van der Waals surface area contributed by atoms with Gasteiger partial charge in [-0.1, -0.05) is 38.0 Å². The maximum Gasteiger partial charge on any atom is 0.321 e. The second-order valence-electron chi connectivity index (χ2n) is 8.10. The molecule has 1 aliphatic heterocycles. The number of hydrogen-bond donors (Lipinski definition) is 2. The standard InChI is InChI=1S/C22H31N3O4/c1-16-7-5-6-10-19(16)24-20(26)15-29-21(27)17-11-13-25(14-12-17)22(28)23-18-8-3-2-4-9-18/h2-4,8-9,16-17,19H,5-7,10-15H2,1H3,(H,23,28)(H,24,26)/t16-,19+/m1/s1. The minimum Gasteiger partial charge on any atom is -0.455 e. The van der Waals surface area contributed by atoms with Crippen LogP contribution in [-0.2, 0) is 14.3 Å². The number of carbonyl (C=O) groups is 3. The van der Waals surface area contributed by atoms with Crippen LogP contribution in [-0.4, -0.2) is 48.5 Å². The molecule has 0 radical (unpaired) electrons. The Morgan fingerprint density at radius 2 is 1.72 bits per heavy atom. The van der Waals surface area contributed by atoms with Gasteiger partial charge in [-0.15, -0.1) is 0 Å². The van der Waals surface area contributed by atoms with Crippen molar-refractivity contribution in [2.75, 3.05) is 25.0 Å². The van der Waals surface area contributed by atoms with E-state index < -0.39 is 0 Å². The normalized spacial score (nSPS) is 22.6. The van der Waals surface area contributed by atoms with Crippen molar-refractivity contribution in [1.82, 2.24) is 10.2 Å². The van der Waals surface area contributed by atoms with Gasteiger partial charge in [0.25, 0.3) is 5.91 Å². The van der Waals surface area contributed by atoms with Gasteiger partial charge in [0.1, 0.15) is 0 Å². The van der Waals surface area contributed by atoms with Crippen molar-refractivity contribution in [3.8, 4) is 0 Å². The zero-order valence-corrected chi connectivity index (χ0v) is 17.1. The van der Waals surface area contributed by atoms with Crippen LogP contribution in [0.1, 0.15) is 45.4 Å². The molecule has 1 aromatic rings. The first kappa shape index (κ1) is 21.1. The topological polar surface area (TPSA) is 87.7 Å². The summed E-state index contributed by atoms with van der Waals surface area (Å²) in [6.45, 7) is 2.91. The second kappa shape index (κ2) is 10.3. The third-order valence-electron chi connectivity index (χ3n) is 5.94. The Morgan fingerprint density at radius 3 is 2.41 bits per heavy atom. The van der Waals surface area contributed by atoms with Gasteiger partial charge in [-0.2, -0.15) is 0 Å². The molecule has 3 amide bonds. The van der Waals surface area contributed by atoms with Crippen LogP contribution in [0.15, 0.2) is 30.3 Å². The predicted octanol–water partition coefficient (Wildman–Crippen LogP) is 3.17. The molecular formula is C22H31N3O4. The number of esters is 1. The summed E-state index contributed by atoms with van der Waals surface area (Å²) in [4.78, 5) is 38.4. The highest BCUT2D eigenvalue weighted by molar-refractivity contribution is 5.89. The summed E-state index contributed by atoms with van der Waals surface area (Å²) < 4.78 is 5.24. The van der Waals surface area contributed by atoms with Crippen LogP contribution in [0.4, 0.5) is 10.5 Å². The molecule has 2 aliphatic rings. The van der Waals surface area contributed by atoms with Crippen molar-refractivity contribution in [2.24, 2.45) is 11.8 Å². The largest absolute Gasteiger partial charge is 0.455 e. The maximum absolute atomic E-state index is 12.3. The molecule has 0 unspecified atom stereocenters. The van der Waals surface area contributed by atoms with Crippen LogP contribution >= 0.6 is 0 Å². The second-order valence-corrected chi connectivity index (χ2v) is 8.10. The molecular weight excluding hydrogens is 370 g/mol. The van der Waals surface area contributed by atoms with Crippen molar-refractivity contribution in [3.05, 3.63) is 30.3 Å². The summed E-state index contributed by atoms with van der Waals surface area (Å²) in [5.74, 6) is -0.372. The number of nitrogens with zero attached hydrogens (tertiary/aromatic N) is 1. The number of likely N-dealkylation sites (tertiary alicyclic amines) is 1. The first-order chi connectivity index (χ1) is 14.0. The Labute approximate surface area is 172 Å². The molecule has 2 N–H and O–H groups in total. The highest BCUT2D eigenvalue weighted by Crippen LogP contribution is 2.24. The molecule has 7 nitrogen and oxygen atoms in total. The van der Waals surface area contributed by atoms with E-state index in [1.807, 2.05) is 30.3 Å². The first-order valence-electron chi connectivity index (χ1n) is 10.6. The van der Waals surface area contributed by atoms with Gasteiger partial charge in [-0.05, 0) is 43.7 Å². The molecule has 2 fully saturated rings. The van der Waals surface area contributed by atoms with Gasteiger partial charge in [0.2, 0.25) is 0 Å². The third-order valence-corrected chi connectivity index (χ3v) is 5.94. The van der Waals surface area contributed by atoms with Crippen molar-refractivity contribution in [3.63, 3.8) is 0 Å². The molecule has 1 aliphatic carbocycles. The number of anilines is 1. The van der Waals surface area contributed by atoms with Gasteiger partial charge in [0.05, 0.1) is 5.92 Å². The Hall–Kier alpha value is -2.57. The summed E-state index contributed by atoms with van der Waals surface area (Å²) in [5.41, 5.74) is 0.748. The molecule has 29 heavy (non-hydrogen) atoms. The number of amides is 3. The zero-order chi connectivity index (χ0) is 20.6. The summed E-state index contributed by atoms with van der Waals surface area (Å²) in [6, 6.07) is 9.31. The van der Waals surface area contributed by atoms with E-state index in [1.165, 1.54) is 6.42 Å². The molecule has 0 spiro atoms. The summed E-state index contributed by atoms with van der Waals surface area (Å²) >= 11 is 0. The van der Waals surface area contributed by atoms with Gasteiger partial charge in [0, 0.05) is 24.8 Å². The van der Waals surface area contributed by atoms with Gasteiger partial charge in [-0.25, -0.2) is 4.79 Å². The summed E-state index contributed by atoms with van der Waals surface area (Å²) in [6.07, 6.45) is 5.55. The number of piperidine rings is 1. The van der Waals surface area contributed by atoms with Crippen LogP contribution in [0.2, 0.25) is 0 Å². The monoisotopic (exact) mass is 401 g/mol. The summed E-state index contributed by atoms with van der Waals surface area (Å²) in [5, 5.41) is 5.85. The lowest BCUT2D eigenvalue weighted by atomic mass is 9.86. The molecule has 0 aromatic heterocycles. The van der Waals surface area contributed by atoms with Crippen LogP contribution in [0.3, 0.4) is 0 Å². The molecule has 0 bridgehead atoms. The lowest BCUT2D eigenvalue weighted by Crippen LogP contribution is -2.44. The van der Waals surface area contributed by atoms with Crippen LogP contribution < -0.4 is 10.6 Å². The molecule has 1 saturated carbocycles. The van der Waals surface area contributed by atoms with Gasteiger partial charge < -0.3 is 20.3 Å². The molecule has 1 saturated heterocycles. The average molecular weight is 402 g/mol. The average Bonchev–Trinajstić information content (AvgIpc) is 2.74. The van der Waals surface area contributed by atoms with Crippen LogP contribution in [0.25, 0.3) is 0 Å². The minimum atomic E-state index is -0.347. The Morgan fingerprint density at radius 1 is 1.03 bits per heavy atom. The van der Waals surface area contributed by atoms with E-state index in [9.17, 15) is 14.4 Å². The number of hydrogen-bond acceptors (Lipinski definition) is 4. The van der Waals surface area contributed by atoms with Crippen molar-refractivity contribution >= 4 is 23.6 Å². The molecule has 1 heterocycles. The number of para-hydroxylation sites is 1. The van der Waals surface area contributed by atoms with Gasteiger partial charge in [-0.3, -0.25) is 9.59 Å². The fraction of sp³-hybridized carbons (Fsp3) is 0.591. The molecule has 158 valence electrons. The van der Waals surface area contributed by atoms with Gasteiger partial charge >= 0.3 is 12.0 Å². The van der Waals surface area contributed by atoms with Crippen molar-refractivity contribution < 1.29 is 19.1 Å². The van der Waals surface area contributed by atoms with Crippen LogP contribution in [0, 0.1) is 11.8 Å². The number of rotatable bonds is 5. The summed E-state index contributed by atoms with van der Waals surface area (Å²) in [7, 11) is 0. The van der Waals surface area contributed by atoms with E-state index in [2.05, 4.69) is 17.6 Å². The third kappa shape index (κ3) is 6.21. The first-order valence-corrected chi connectivity index (χ1v) is 10.6. The Balaban J connectivity index is 1.36. The lowest BCUT2D eigenvalue weighted by molar-refractivity contribution is -0.154. The molecule has 2 atom stereocenters. The maximum atomic E-state index is 12.3. The van der Waals surface area contributed by atoms with E-state index in [0.717, 1.165) is 24.9 Å². The SMILES string of the molecule is C[C@@H]1CCCC[C@@H]1NC(=O)COC(=O)C1CCN(C(=O)Nc2ccccc2)CC1. The number of nitrogens with one attached hydrogen (secondary N) is 2. The fourth-order valence-corrected chi connectivity index (χ4v) is 4.08. The van der Waals surface area contributed by atoms with Crippen molar-refractivity contribution in [1.29, 1.82) is 0 Å². The number of benzene rings is 1. The number of urea groups is 1. The fourth-order valence-electron chi connectivity index (χ4n) is 4.08. The number of ether oxygens (including phenoxy) is 1. The molecule has 7 heteroatoms. The van der Waals surface area contributed by atoms with E-state index in [-0.39, 0.29) is 36.5 Å². The van der Waals surface area contributed by atoms with Gasteiger partial charge in [0.15, 0.2) is 6.61 Å². The quantitative estimate of drug-likeness (QED) is 0.742. The highest BCUT2D eigenvalue weighted by atomic mass is 16.5. The van der Waals surface area contributed by atoms with E-state index >= 15 is 0 Å². The minimum absolute atomic E-state index is 0.163. The Kier molecular flexibility index (Phi) is 7.49. The highest BCUT2D eigenvalue weighted by Gasteiger charge is 2.29. The molecule has 1 aromatic carbocycles. The van der Waals surface area contributed by atoms with Crippen LogP contribution in [0.5, 0.6) is 0 Å². The zero-order valence-electron chi connectivity index (χ0n) is 17.1. The number of carbonyl (C=O) groups excluding carboxylic acids is 3. The Bertz CT molecular complexity index is 701.